The Hall–Kier alpha value is -1.92. The van der Waals surface area contributed by atoms with E-state index in [4.69, 9.17) is 15.3 Å². The maximum Gasteiger partial charge on any atom is 0.307 e. The van der Waals surface area contributed by atoms with Crippen molar-refractivity contribution in [3.05, 3.63) is 0 Å². The van der Waals surface area contributed by atoms with E-state index >= 15 is 0 Å². The van der Waals surface area contributed by atoms with Gasteiger partial charge in [-0.1, -0.05) is 0 Å². The van der Waals surface area contributed by atoms with E-state index in [2.05, 4.69) is 0 Å². The van der Waals surface area contributed by atoms with Crippen molar-refractivity contribution in [2.24, 2.45) is 11.8 Å². The lowest BCUT2D eigenvalue weighted by molar-refractivity contribution is -0.157. The van der Waals surface area contributed by atoms with Crippen LogP contribution in [0.4, 0.5) is 0 Å². The van der Waals surface area contributed by atoms with Gasteiger partial charge in [0.1, 0.15) is 6.29 Å². The lowest BCUT2D eigenvalue weighted by Gasteiger charge is -2.16. The van der Waals surface area contributed by atoms with Gasteiger partial charge in [-0.05, 0) is 0 Å². The predicted molar refractivity (Wildman–Crippen MR) is 45.2 cm³/mol. The second-order valence-corrected chi connectivity index (χ2v) is 2.89. The first-order valence-corrected chi connectivity index (χ1v) is 4.01. The summed E-state index contributed by atoms with van der Waals surface area (Å²) in [6, 6.07) is 0. The summed E-state index contributed by atoms with van der Waals surface area (Å²) < 4.78 is 0. The van der Waals surface area contributed by atoms with Crippen molar-refractivity contribution in [1.29, 1.82) is 0 Å². The first-order chi connectivity index (χ1) is 6.90. The number of carboxylic acid groups (broad SMARTS) is 3. The van der Waals surface area contributed by atoms with E-state index in [1.807, 2.05) is 0 Å². The van der Waals surface area contributed by atoms with Gasteiger partial charge in [0.05, 0.1) is 18.3 Å². The summed E-state index contributed by atoms with van der Waals surface area (Å²) in [7, 11) is 0. The Kier molecular flexibility index (Phi) is 5.00. The van der Waals surface area contributed by atoms with E-state index in [1.54, 1.807) is 0 Å². The molecule has 0 radical (unpaired) electrons. The van der Waals surface area contributed by atoms with Crippen LogP contribution in [0.2, 0.25) is 0 Å². The van der Waals surface area contributed by atoms with E-state index in [1.165, 1.54) is 0 Å². The molecule has 7 heteroatoms. The Labute approximate surface area is 84.3 Å². The summed E-state index contributed by atoms with van der Waals surface area (Å²) in [5.74, 6) is -7.54. The van der Waals surface area contributed by atoms with Gasteiger partial charge in [0, 0.05) is 6.42 Å². The molecular weight excluding hydrogens is 208 g/mol. The van der Waals surface area contributed by atoms with Crippen LogP contribution in [0.25, 0.3) is 0 Å². The van der Waals surface area contributed by atoms with Crippen LogP contribution in [-0.4, -0.2) is 39.5 Å². The van der Waals surface area contributed by atoms with Gasteiger partial charge in [-0.3, -0.25) is 14.4 Å². The third-order valence-corrected chi connectivity index (χ3v) is 1.86. The maximum atomic E-state index is 10.6. The lowest BCUT2D eigenvalue weighted by atomic mass is 9.87. The van der Waals surface area contributed by atoms with Gasteiger partial charge in [-0.15, -0.1) is 0 Å². The van der Waals surface area contributed by atoms with Gasteiger partial charge < -0.3 is 20.1 Å². The van der Waals surface area contributed by atoms with Gasteiger partial charge in [0.25, 0.3) is 0 Å². The summed E-state index contributed by atoms with van der Waals surface area (Å²) in [6.07, 6.45) is -1.07. The number of hydrogen-bond acceptors (Lipinski definition) is 4. The van der Waals surface area contributed by atoms with Crippen molar-refractivity contribution >= 4 is 24.2 Å². The number of carbonyl (C=O) groups excluding carboxylic acids is 1. The van der Waals surface area contributed by atoms with E-state index in [9.17, 15) is 19.2 Å². The van der Waals surface area contributed by atoms with Gasteiger partial charge in [0.2, 0.25) is 0 Å². The zero-order valence-electron chi connectivity index (χ0n) is 7.62. The van der Waals surface area contributed by atoms with Gasteiger partial charge >= 0.3 is 17.9 Å². The van der Waals surface area contributed by atoms with Gasteiger partial charge in [-0.2, -0.15) is 0 Å². The predicted octanol–water partition coefficient (Wildman–Crippen LogP) is -0.548. The Balaban J connectivity index is 4.82. The minimum absolute atomic E-state index is 0.260. The van der Waals surface area contributed by atoms with E-state index in [-0.39, 0.29) is 6.29 Å². The van der Waals surface area contributed by atoms with Gasteiger partial charge in [0.15, 0.2) is 0 Å². The van der Waals surface area contributed by atoms with Crippen LogP contribution >= 0.6 is 0 Å². The molecule has 0 aliphatic carbocycles. The van der Waals surface area contributed by atoms with Crippen LogP contribution in [0.5, 0.6) is 0 Å². The summed E-state index contributed by atoms with van der Waals surface area (Å²) in [5.41, 5.74) is 0. The molecule has 0 fully saturated rings. The van der Waals surface area contributed by atoms with Crippen molar-refractivity contribution in [3.63, 3.8) is 0 Å². The summed E-state index contributed by atoms with van der Waals surface area (Å²) >= 11 is 0. The molecule has 0 aliphatic heterocycles. The van der Waals surface area contributed by atoms with E-state index < -0.39 is 42.6 Å². The first kappa shape index (κ1) is 13.1. The minimum Gasteiger partial charge on any atom is -0.481 e. The molecule has 2 atom stereocenters. The van der Waals surface area contributed by atoms with Crippen molar-refractivity contribution < 1.29 is 34.5 Å². The number of aliphatic carboxylic acids is 3. The number of aldehydes is 1. The monoisotopic (exact) mass is 218 g/mol. The molecule has 0 aromatic carbocycles. The quantitative estimate of drug-likeness (QED) is 0.489. The number of hydrogen-bond donors (Lipinski definition) is 3. The fraction of sp³-hybridized carbons (Fsp3) is 0.500. The standard InChI is InChI=1S/C8H10O7/c9-2-1-4(7(12)13)5(8(14)15)3-6(10)11/h2,4-5H,1,3H2,(H,10,11)(H,12,13)(H,14,15). The SMILES string of the molecule is O=CCC(C(=O)O)C(CC(=O)O)C(=O)O. The van der Waals surface area contributed by atoms with Crippen molar-refractivity contribution in [1.82, 2.24) is 0 Å². The lowest BCUT2D eigenvalue weighted by Crippen LogP contribution is -2.32. The molecule has 2 unspecified atom stereocenters. The number of carboxylic acids is 3. The van der Waals surface area contributed by atoms with Gasteiger partial charge in [-0.25, -0.2) is 0 Å². The largest absolute Gasteiger partial charge is 0.481 e. The third-order valence-electron chi connectivity index (χ3n) is 1.86. The van der Waals surface area contributed by atoms with Crippen molar-refractivity contribution in [2.75, 3.05) is 0 Å². The Bertz CT molecular complexity index is 283. The molecule has 0 amide bonds. The minimum atomic E-state index is -1.59. The molecular formula is C8H10O7. The van der Waals surface area contributed by atoms with Crippen LogP contribution in [0, 0.1) is 11.8 Å². The molecule has 7 nitrogen and oxygen atoms in total. The summed E-state index contributed by atoms with van der Waals surface area (Å²) in [5, 5.41) is 25.6. The average molecular weight is 218 g/mol. The van der Waals surface area contributed by atoms with Crippen LogP contribution in [-0.2, 0) is 19.2 Å². The van der Waals surface area contributed by atoms with E-state index in [0.717, 1.165) is 0 Å². The van der Waals surface area contributed by atoms with Crippen LogP contribution in [0.3, 0.4) is 0 Å². The fourth-order valence-electron chi connectivity index (χ4n) is 1.13. The van der Waals surface area contributed by atoms with Crippen molar-refractivity contribution in [2.45, 2.75) is 12.8 Å². The highest BCUT2D eigenvalue weighted by molar-refractivity contribution is 5.85. The first-order valence-electron chi connectivity index (χ1n) is 4.01. The average Bonchev–Trinajstić information content (AvgIpc) is 2.09. The Morgan fingerprint density at radius 1 is 1.00 bits per heavy atom. The maximum absolute atomic E-state index is 10.6. The number of carbonyl (C=O) groups is 4. The molecule has 0 rings (SSSR count). The molecule has 0 aliphatic rings. The number of rotatable bonds is 7. The topological polar surface area (TPSA) is 129 Å². The molecule has 15 heavy (non-hydrogen) atoms. The highest BCUT2D eigenvalue weighted by Crippen LogP contribution is 2.19. The smallest absolute Gasteiger partial charge is 0.307 e. The molecule has 0 aromatic heterocycles. The molecule has 0 saturated carbocycles. The molecule has 0 heterocycles. The zero-order valence-corrected chi connectivity index (χ0v) is 7.62. The van der Waals surface area contributed by atoms with Crippen LogP contribution in [0.1, 0.15) is 12.8 Å². The summed E-state index contributed by atoms with van der Waals surface area (Å²) in [6.45, 7) is 0. The molecule has 0 spiro atoms. The zero-order chi connectivity index (χ0) is 12.0. The van der Waals surface area contributed by atoms with Crippen LogP contribution in [0.15, 0.2) is 0 Å². The highest BCUT2D eigenvalue weighted by atomic mass is 16.4. The molecule has 0 saturated heterocycles. The Morgan fingerprint density at radius 3 is 1.73 bits per heavy atom. The molecule has 3 N–H and O–H groups in total. The second kappa shape index (κ2) is 5.74. The Morgan fingerprint density at radius 2 is 1.47 bits per heavy atom. The van der Waals surface area contributed by atoms with Crippen LogP contribution < -0.4 is 0 Å². The highest BCUT2D eigenvalue weighted by Gasteiger charge is 2.35. The normalized spacial score (nSPS) is 13.9. The van der Waals surface area contributed by atoms with E-state index in [0.29, 0.717) is 0 Å². The molecule has 84 valence electrons. The second-order valence-electron chi connectivity index (χ2n) is 2.89. The molecule has 0 bridgehead atoms. The molecule has 0 aromatic rings. The summed E-state index contributed by atoms with van der Waals surface area (Å²) in [4.78, 5) is 41.6. The fourth-order valence-corrected chi connectivity index (χ4v) is 1.13. The van der Waals surface area contributed by atoms with Crippen molar-refractivity contribution in [3.8, 4) is 0 Å². The third kappa shape index (κ3) is 4.21.